The molecule has 240 valence electrons. The van der Waals surface area contributed by atoms with E-state index in [9.17, 15) is 0 Å². The van der Waals surface area contributed by atoms with E-state index >= 15 is 0 Å². The molecule has 0 aromatic carbocycles. The molecule has 2 saturated carbocycles. The summed E-state index contributed by atoms with van der Waals surface area (Å²) in [5.74, 6) is 8.97. The smallest absolute Gasteiger partial charge is 0 e. The second-order valence-electron chi connectivity index (χ2n) is 16.6. The maximum atomic E-state index is 2.42. The molecule has 4 unspecified atom stereocenters. The third kappa shape index (κ3) is 16.3. The van der Waals surface area contributed by atoms with Crippen LogP contribution >= 0.6 is 35.7 Å². The van der Waals surface area contributed by atoms with Crippen molar-refractivity contribution in [3.63, 3.8) is 0 Å². The third-order valence-electron chi connectivity index (χ3n) is 6.74. The van der Waals surface area contributed by atoms with Crippen LogP contribution in [0.1, 0.15) is 125 Å². The first-order chi connectivity index (χ1) is 16.7. The van der Waals surface area contributed by atoms with Gasteiger partial charge in [-0.1, -0.05) is 125 Å². The van der Waals surface area contributed by atoms with Gasteiger partial charge in [0.2, 0.25) is 0 Å². The normalized spacial score (nSPS) is 19.4. The van der Waals surface area contributed by atoms with Crippen molar-refractivity contribution in [3.05, 3.63) is 61.2 Å². The molecule has 0 aromatic heterocycles. The van der Waals surface area contributed by atoms with Gasteiger partial charge in [0, 0.05) is 33.6 Å². The summed E-state index contributed by atoms with van der Waals surface area (Å²) in [4.78, 5) is 0. The molecular formula is C34H66Co2P4. The van der Waals surface area contributed by atoms with E-state index in [0.717, 1.165) is 0 Å². The summed E-state index contributed by atoms with van der Waals surface area (Å²) in [6.07, 6.45) is 9.67. The summed E-state index contributed by atoms with van der Waals surface area (Å²) in [6, 6.07) is 0. The Kier molecular flexibility index (Phi) is 23.3. The van der Waals surface area contributed by atoms with Crippen molar-refractivity contribution in [2.75, 3.05) is 0 Å². The zero-order valence-corrected chi connectivity index (χ0v) is 36.0. The Hall–Kier alpha value is 2.73. The van der Waals surface area contributed by atoms with Crippen molar-refractivity contribution < 1.29 is 33.6 Å². The first-order valence-electron chi connectivity index (χ1n) is 14.0. The van der Waals surface area contributed by atoms with E-state index in [4.69, 9.17) is 0 Å². The van der Waals surface area contributed by atoms with Crippen LogP contribution in [-0.4, -0.2) is 0 Å². The Morgan fingerprint density at radius 3 is 0.500 bits per heavy atom. The molecule has 0 bridgehead atoms. The van der Waals surface area contributed by atoms with Crippen LogP contribution in [0.5, 0.6) is 0 Å². The van der Waals surface area contributed by atoms with Crippen LogP contribution in [0, 0.1) is 93.7 Å². The molecule has 2 aliphatic carbocycles. The molecule has 2 fully saturated rings. The fourth-order valence-corrected chi connectivity index (χ4v) is 4.36. The SMILES string of the molecule is CC(C)(C)[C]1[CH][C](C(C)(C)C)[C](C(C)(C)C)[CH]1.CC(C)(C)[C]1[CH][C](C(C)(C)C)[C](C(C)(C)C)[CH]1.PP.PP.[Co].[Co]. The van der Waals surface area contributed by atoms with Crippen molar-refractivity contribution in [2.24, 2.45) is 32.5 Å². The summed E-state index contributed by atoms with van der Waals surface area (Å²) in [5, 5.41) is 0. The van der Waals surface area contributed by atoms with Crippen LogP contribution in [0.3, 0.4) is 0 Å². The molecule has 2 aliphatic rings. The predicted octanol–water partition coefficient (Wildman–Crippen LogP) is 11.8. The van der Waals surface area contributed by atoms with Crippen LogP contribution in [0.15, 0.2) is 0 Å². The van der Waals surface area contributed by atoms with Crippen molar-refractivity contribution in [1.29, 1.82) is 0 Å². The molecule has 0 aromatic rings. The van der Waals surface area contributed by atoms with Gasteiger partial charge >= 0.3 is 0 Å². The molecule has 6 heteroatoms. The maximum absolute atomic E-state index is 2.42. The fourth-order valence-electron chi connectivity index (χ4n) is 4.36. The van der Waals surface area contributed by atoms with Crippen LogP contribution in [0.25, 0.3) is 0 Å². The first-order valence-corrected chi connectivity index (χ1v) is 19.3. The molecule has 2 rings (SSSR count). The van der Waals surface area contributed by atoms with E-state index in [1.807, 2.05) is 0 Å². The summed E-state index contributed by atoms with van der Waals surface area (Å²) in [6.45, 7) is 41.5. The Morgan fingerprint density at radius 1 is 0.300 bits per heavy atom. The molecule has 0 nitrogen and oxygen atoms in total. The van der Waals surface area contributed by atoms with Gasteiger partial charge in [0.05, 0.1) is 0 Å². The van der Waals surface area contributed by atoms with Crippen LogP contribution in [-0.2, 0) is 33.6 Å². The minimum atomic E-state index is 0. The molecular weight excluding hydrogens is 650 g/mol. The number of hydrogen-bond donors (Lipinski definition) is 0. The Bertz CT molecular complexity index is 550. The molecule has 0 spiro atoms. The number of rotatable bonds is 0. The Labute approximate surface area is 286 Å². The van der Waals surface area contributed by atoms with Crippen molar-refractivity contribution in [2.45, 2.75) is 125 Å². The van der Waals surface area contributed by atoms with Crippen molar-refractivity contribution >= 4 is 35.7 Å². The standard InChI is InChI=1S/2C17H29.2Co.2H4P2/c2*1-15(2,3)12-10-13(16(4,5)6)14(11-12)17(7,8)9;;;2*1-2/h2*10-11H,1-9H3;;;2*1-2H2. The predicted molar refractivity (Wildman–Crippen MR) is 192 cm³/mol. The molecule has 0 saturated heterocycles. The van der Waals surface area contributed by atoms with Gasteiger partial charge in [0.1, 0.15) is 0 Å². The maximum Gasteiger partial charge on any atom is 0 e. The summed E-state index contributed by atoms with van der Waals surface area (Å²) < 4.78 is 0. The largest absolute Gasteiger partial charge is 0.118 e. The van der Waals surface area contributed by atoms with E-state index in [2.05, 4.69) is 186 Å². The van der Waals surface area contributed by atoms with Crippen molar-refractivity contribution in [1.82, 2.24) is 0 Å². The first kappa shape index (κ1) is 49.6. The molecule has 40 heavy (non-hydrogen) atoms. The summed E-state index contributed by atoms with van der Waals surface area (Å²) in [5.41, 5.74) is 1.39. The average molecular weight is 717 g/mol. The average Bonchev–Trinajstić information content (AvgIpc) is 3.36. The monoisotopic (exact) mass is 716 g/mol. The van der Waals surface area contributed by atoms with E-state index in [1.165, 1.54) is 35.5 Å². The Balaban J connectivity index is -0.000000276. The molecule has 0 heterocycles. The molecule has 4 atom stereocenters. The quantitative estimate of drug-likeness (QED) is 0.219. The zero-order valence-electron chi connectivity index (χ0n) is 29.3. The summed E-state index contributed by atoms with van der Waals surface area (Å²) >= 11 is 0. The summed E-state index contributed by atoms with van der Waals surface area (Å²) in [7, 11) is 9.33. The Morgan fingerprint density at radius 2 is 0.425 bits per heavy atom. The van der Waals surface area contributed by atoms with Gasteiger partial charge in [-0.2, -0.15) is 0 Å². The van der Waals surface area contributed by atoms with Gasteiger partial charge in [0.25, 0.3) is 0 Å². The van der Waals surface area contributed by atoms with Crippen LogP contribution < -0.4 is 0 Å². The number of hydrogen-bond acceptors (Lipinski definition) is 0. The van der Waals surface area contributed by atoms with E-state index in [1.54, 1.807) is 0 Å². The van der Waals surface area contributed by atoms with Gasteiger partial charge in [-0.25, -0.2) is 0 Å². The van der Waals surface area contributed by atoms with Gasteiger partial charge in [0.15, 0.2) is 0 Å². The van der Waals surface area contributed by atoms with Crippen LogP contribution in [0.4, 0.5) is 0 Å². The zero-order chi connectivity index (χ0) is 31.3. The second kappa shape index (κ2) is 18.8. The molecule has 12 radical (unpaired) electrons. The van der Waals surface area contributed by atoms with E-state index in [0.29, 0.717) is 0 Å². The van der Waals surface area contributed by atoms with Gasteiger partial charge < -0.3 is 0 Å². The van der Waals surface area contributed by atoms with E-state index in [-0.39, 0.29) is 66.0 Å². The van der Waals surface area contributed by atoms with Gasteiger partial charge in [-0.15, -0.1) is 35.7 Å². The molecule has 0 N–H and O–H groups in total. The minimum absolute atomic E-state index is 0. The molecule has 0 aliphatic heterocycles. The van der Waals surface area contributed by atoms with Crippen LogP contribution in [0.2, 0.25) is 0 Å². The van der Waals surface area contributed by atoms with Gasteiger partial charge in [-0.3, -0.25) is 0 Å². The fraction of sp³-hybridized carbons (Fsp3) is 0.706. The topological polar surface area (TPSA) is 0 Å². The van der Waals surface area contributed by atoms with Gasteiger partial charge in [-0.05, 0) is 93.7 Å². The minimum Gasteiger partial charge on any atom is -0.118 e. The second-order valence-corrected chi connectivity index (χ2v) is 16.6. The van der Waals surface area contributed by atoms with Crippen molar-refractivity contribution in [3.8, 4) is 0 Å². The molecule has 0 amide bonds. The third-order valence-corrected chi connectivity index (χ3v) is 6.74. The van der Waals surface area contributed by atoms with E-state index < -0.39 is 0 Å².